The van der Waals surface area contributed by atoms with E-state index >= 15 is 0 Å². The quantitative estimate of drug-likeness (QED) is 0.477. The molecule has 1 nitrogen and oxygen atoms in total. The molecule has 0 bridgehead atoms. The summed E-state index contributed by atoms with van der Waals surface area (Å²) in [6.07, 6.45) is 1.79. The van der Waals surface area contributed by atoms with E-state index in [2.05, 4.69) is 66.1 Å². The first-order chi connectivity index (χ1) is 6.61. The van der Waals surface area contributed by atoms with Gasteiger partial charge in [-0.1, -0.05) is 27.5 Å². The highest BCUT2D eigenvalue weighted by atomic mass is 127. The van der Waals surface area contributed by atoms with E-state index in [1.54, 1.807) is 6.20 Å². The zero-order valence-electron chi connectivity index (χ0n) is 6.69. The van der Waals surface area contributed by atoms with Crippen LogP contribution in [0.4, 0.5) is 0 Å². The molecular weight excluding hydrogens is 491 g/mol. The summed E-state index contributed by atoms with van der Waals surface area (Å²) in [6.45, 7) is 0. The van der Waals surface area contributed by atoms with Crippen molar-refractivity contribution >= 4 is 83.6 Å². The molecule has 0 aliphatic heterocycles. The van der Waals surface area contributed by atoms with Gasteiger partial charge in [0.05, 0.1) is 14.1 Å². The van der Waals surface area contributed by atoms with E-state index < -0.39 is 0 Å². The second-order valence-electron chi connectivity index (χ2n) is 2.67. The number of aromatic nitrogens is 1. The number of hydrogen-bond acceptors (Lipinski definition) is 1. The van der Waals surface area contributed by atoms with Crippen LogP contribution >= 0.6 is 72.7 Å². The lowest BCUT2D eigenvalue weighted by molar-refractivity contribution is 1.37. The first-order valence-corrected chi connectivity index (χ1v) is 7.02. The fraction of sp³-hybridized carbons (Fsp3) is 0. The Hall–Kier alpha value is 0.860. The number of halogens is 4. The third-order valence-corrected chi connectivity index (χ3v) is 4.87. The Morgan fingerprint density at radius 3 is 2.64 bits per heavy atom. The molecule has 0 saturated carbocycles. The molecular formula is C9H3BrClI2N. The zero-order valence-corrected chi connectivity index (χ0v) is 13.3. The molecule has 0 fully saturated rings. The predicted molar refractivity (Wildman–Crippen MR) is 79.9 cm³/mol. The van der Waals surface area contributed by atoms with Crippen LogP contribution in [0.5, 0.6) is 0 Å². The van der Waals surface area contributed by atoms with Gasteiger partial charge in [0.15, 0.2) is 0 Å². The minimum atomic E-state index is 0.765. The summed E-state index contributed by atoms with van der Waals surface area (Å²) in [7, 11) is 0. The summed E-state index contributed by atoms with van der Waals surface area (Å²) in [5.41, 5.74) is 0.949. The highest BCUT2D eigenvalue weighted by Crippen LogP contribution is 2.34. The summed E-state index contributed by atoms with van der Waals surface area (Å²) < 4.78 is 3.07. The predicted octanol–water partition coefficient (Wildman–Crippen LogP) is 4.86. The van der Waals surface area contributed by atoms with Crippen molar-refractivity contribution in [2.75, 3.05) is 0 Å². The van der Waals surface area contributed by atoms with Gasteiger partial charge in [-0.25, -0.2) is 0 Å². The summed E-state index contributed by atoms with van der Waals surface area (Å²) in [5, 5.41) is 1.76. The van der Waals surface area contributed by atoms with Crippen molar-refractivity contribution < 1.29 is 0 Å². The lowest BCUT2D eigenvalue weighted by Gasteiger charge is -2.05. The highest BCUT2D eigenvalue weighted by Gasteiger charge is 2.10. The van der Waals surface area contributed by atoms with Crippen molar-refractivity contribution in [3.05, 3.63) is 35.0 Å². The number of hydrogen-bond donors (Lipinski definition) is 0. The van der Waals surface area contributed by atoms with Gasteiger partial charge in [0.25, 0.3) is 0 Å². The summed E-state index contributed by atoms with van der Waals surface area (Å²) in [6, 6.07) is 4.01. The minimum Gasteiger partial charge on any atom is -0.254 e. The average molecular weight is 494 g/mol. The van der Waals surface area contributed by atoms with Crippen molar-refractivity contribution in [3.8, 4) is 0 Å². The third-order valence-electron chi connectivity index (χ3n) is 1.81. The molecule has 14 heavy (non-hydrogen) atoms. The van der Waals surface area contributed by atoms with E-state index in [-0.39, 0.29) is 0 Å². The summed E-state index contributed by atoms with van der Waals surface area (Å²) in [5.74, 6) is 0. The second kappa shape index (κ2) is 4.39. The van der Waals surface area contributed by atoms with Crippen LogP contribution in [0.25, 0.3) is 10.9 Å². The van der Waals surface area contributed by atoms with Crippen LogP contribution in [-0.4, -0.2) is 4.98 Å². The number of rotatable bonds is 0. The number of benzene rings is 1. The van der Waals surface area contributed by atoms with E-state index in [0.29, 0.717) is 0 Å². The van der Waals surface area contributed by atoms with Gasteiger partial charge >= 0.3 is 0 Å². The largest absolute Gasteiger partial charge is 0.254 e. The molecule has 0 amide bonds. The van der Waals surface area contributed by atoms with Crippen molar-refractivity contribution in [3.63, 3.8) is 0 Å². The number of pyridine rings is 1. The van der Waals surface area contributed by atoms with E-state index in [4.69, 9.17) is 11.6 Å². The van der Waals surface area contributed by atoms with E-state index in [9.17, 15) is 0 Å². The molecule has 0 radical (unpaired) electrons. The Labute approximate surface area is 122 Å². The molecule has 2 rings (SSSR count). The smallest absolute Gasteiger partial charge is 0.0862 e. The van der Waals surface area contributed by atoms with Crippen molar-refractivity contribution in [2.24, 2.45) is 0 Å². The number of fused-ring (bicyclic) bond motifs is 1. The Kier molecular flexibility index (Phi) is 3.56. The van der Waals surface area contributed by atoms with E-state index in [0.717, 1.165) is 27.5 Å². The van der Waals surface area contributed by atoms with Crippen molar-refractivity contribution in [1.82, 2.24) is 4.98 Å². The molecule has 0 spiro atoms. The van der Waals surface area contributed by atoms with Gasteiger partial charge in [0.1, 0.15) is 0 Å². The fourth-order valence-electron chi connectivity index (χ4n) is 1.17. The van der Waals surface area contributed by atoms with Gasteiger partial charge in [-0.05, 0) is 57.3 Å². The Balaban J connectivity index is 3.01. The molecule has 2 aromatic rings. The lowest BCUT2D eigenvalue weighted by atomic mass is 10.2. The first-order valence-electron chi connectivity index (χ1n) is 3.69. The van der Waals surface area contributed by atoms with Gasteiger partial charge < -0.3 is 0 Å². The minimum absolute atomic E-state index is 0.765. The summed E-state index contributed by atoms with van der Waals surface area (Å²) in [4.78, 5) is 4.37. The molecule has 0 N–H and O–H groups in total. The fourth-order valence-corrected chi connectivity index (χ4v) is 3.04. The van der Waals surface area contributed by atoms with Crippen LogP contribution in [0.2, 0.25) is 5.02 Å². The monoisotopic (exact) mass is 493 g/mol. The Morgan fingerprint density at radius 1 is 1.21 bits per heavy atom. The molecule has 72 valence electrons. The molecule has 1 aromatic heterocycles. The second-order valence-corrected chi connectivity index (χ2v) is 6.23. The molecule has 1 heterocycles. The Morgan fingerprint density at radius 2 is 1.93 bits per heavy atom. The maximum absolute atomic E-state index is 6.22. The summed E-state index contributed by atoms with van der Waals surface area (Å²) >= 11 is 14.1. The molecule has 0 atom stereocenters. The van der Waals surface area contributed by atoms with Gasteiger partial charge in [-0.3, -0.25) is 4.98 Å². The molecule has 0 unspecified atom stereocenters. The van der Waals surface area contributed by atoms with Crippen molar-refractivity contribution in [2.45, 2.75) is 0 Å². The Bertz CT molecular complexity index is 516. The standard InChI is InChI=1S/C9H3BrClI2N/c10-4-1-2-5(12)9-7(4)8(11)6(13)3-14-9/h1-3H. The van der Waals surface area contributed by atoms with Crippen LogP contribution in [-0.2, 0) is 0 Å². The number of nitrogens with zero attached hydrogens (tertiary/aromatic N) is 1. The molecule has 5 heteroatoms. The van der Waals surface area contributed by atoms with Gasteiger partial charge in [-0.15, -0.1) is 0 Å². The van der Waals surface area contributed by atoms with E-state index in [1.807, 2.05) is 12.1 Å². The lowest BCUT2D eigenvalue weighted by Crippen LogP contribution is -1.87. The average Bonchev–Trinajstić information content (AvgIpc) is 2.16. The van der Waals surface area contributed by atoms with Gasteiger partial charge in [0, 0.05) is 19.6 Å². The van der Waals surface area contributed by atoms with Crippen LogP contribution in [0, 0.1) is 7.14 Å². The van der Waals surface area contributed by atoms with Crippen LogP contribution in [0.1, 0.15) is 0 Å². The van der Waals surface area contributed by atoms with Crippen molar-refractivity contribution in [1.29, 1.82) is 0 Å². The molecule has 0 aliphatic rings. The normalized spacial score (nSPS) is 10.9. The van der Waals surface area contributed by atoms with Crippen LogP contribution < -0.4 is 0 Å². The maximum Gasteiger partial charge on any atom is 0.0862 e. The van der Waals surface area contributed by atoms with Crippen LogP contribution in [0.15, 0.2) is 22.8 Å². The molecule has 0 aliphatic carbocycles. The SMILES string of the molecule is Clc1c(I)cnc2c(I)ccc(Br)c12. The highest BCUT2D eigenvalue weighted by molar-refractivity contribution is 14.1. The topological polar surface area (TPSA) is 12.9 Å². The molecule has 0 saturated heterocycles. The maximum atomic E-state index is 6.22. The first kappa shape index (κ1) is 11.3. The molecule has 1 aromatic carbocycles. The van der Waals surface area contributed by atoms with Gasteiger partial charge in [0.2, 0.25) is 0 Å². The zero-order chi connectivity index (χ0) is 10.3. The van der Waals surface area contributed by atoms with E-state index in [1.165, 1.54) is 0 Å². The third kappa shape index (κ3) is 1.90. The van der Waals surface area contributed by atoms with Gasteiger partial charge in [-0.2, -0.15) is 0 Å². The van der Waals surface area contributed by atoms with Crippen LogP contribution in [0.3, 0.4) is 0 Å².